The van der Waals surface area contributed by atoms with Crippen LogP contribution in [0, 0.1) is 6.92 Å². The van der Waals surface area contributed by atoms with Gasteiger partial charge in [0.05, 0.1) is 5.69 Å². The molecule has 0 saturated heterocycles. The topological polar surface area (TPSA) is 57.7 Å². The summed E-state index contributed by atoms with van der Waals surface area (Å²) in [5.74, 6) is -0.115. The Labute approximate surface area is 169 Å². The first-order chi connectivity index (χ1) is 13.3. The molecule has 0 fully saturated rings. The van der Waals surface area contributed by atoms with Crippen LogP contribution in [0.5, 0.6) is 0 Å². The predicted octanol–water partition coefficient (Wildman–Crippen LogP) is 4.15. The Bertz CT molecular complexity index is 1040. The van der Waals surface area contributed by atoms with E-state index >= 15 is 0 Å². The number of sulfonamides is 1. The van der Waals surface area contributed by atoms with E-state index < -0.39 is 10.0 Å². The van der Waals surface area contributed by atoms with Gasteiger partial charge in [0, 0.05) is 26.2 Å². The number of thiophene rings is 1. The van der Waals surface area contributed by atoms with E-state index in [0.29, 0.717) is 17.8 Å². The fourth-order valence-electron chi connectivity index (χ4n) is 2.76. The Balaban J connectivity index is 1.72. The molecule has 2 aromatic carbocycles. The van der Waals surface area contributed by atoms with Crippen LogP contribution in [0.15, 0.2) is 70.3 Å². The molecule has 3 rings (SSSR count). The highest BCUT2D eigenvalue weighted by Gasteiger charge is 2.22. The molecular formula is C21H22N2O3S2. The Hall–Kier alpha value is -2.64. The molecule has 0 bridgehead atoms. The Kier molecular flexibility index (Phi) is 5.86. The second-order valence-electron chi connectivity index (χ2n) is 6.60. The lowest BCUT2D eigenvalue weighted by Gasteiger charge is -2.20. The van der Waals surface area contributed by atoms with E-state index in [1.54, 1.807) is 53.7 Å². The van der Waals surface area contributed by atoms with Gasteiger partial charge in [-0.15, -0.1) is 11.3 Å². The smallest absolute Gasteiger partial charge is 0.273 e. The molecule has 7 heteroatoms. The maximum absolute atomic E-state index is 12.7. The molecule has 5 nitrogen and oxygen atoms in total. The predicted molar refractivity (Wildman–Crippen MR) is 113 cm³/mol. The van der Waals surface area contributed by atoms with Gasteiger partial charge in [0.2, 0.25) is 0 Å². The SMILES string of the molecule is Cc1ccc(CN(C)C(=O)c2ccc(N(C)S(=O)(=O)c3cccs3)cc2)cc1. The van der Waals surface area contributed by atoms with Crippen LogP contribution in [0.25, 0.3) is 0 Å². The summed E-state index contributed by atoms with van der Waals surface area (Å²) in [6.07, 6.45) is 0. The van der Waals surface area contributed by atoms with Crippen LogP contribution in [-0.2, 0) is 16.6 Å². The number of hydrogen-bond donors (Lipinski definition) is 0. The first kappa shape index (κ1) is 20.1. The zero-order chi connectivity index (χ0) is 20.3. The summed E-state index contributed by atoms with van der Waals surface area (Å²) in [5.41, 5.74) is 3.25. The van der Waals surface area contributed by atoms with E-state index in [-0.39, 0.29) is 10.1 Å². The van der Waals surface area contributed by atoms with Crippen LogP contribution in [0.2, 0.25) is 0 Å². The molecule has 0 aliphatic rings. The molecule has 3 aromatic rings. The van der Waals surface area contributed by atoms with Crippen molar-refractivity contribution >= 4 is 33.0 Å². The zero-order valence-electron chi connectivity index (χ0n) is 16.0. The van der Waals surface area contributed by atoms with Crippen LogP contribution in [0.4, 0.5) is 5.69 Å². The van der Waals surface area contributed by atoms with E-state index in [0.717, 1.165) is 5.56 Å². The van der Waals surface area contributed by atoms with Gasteiger partial charge in [0.25, 0.3) is 15.9 Å². The molecule has 1 aromatic heterocycles. The molecular weight excluding hydrogens is 392 g/mol. The Morgan fingerprint density at radius 1 is 0.964 bits per heavy atom. The Morgan fingerprint density at radius 2 is 1.61 bits per heavy atom. The molecule has 1 heterocycles. The lowest BCUT2D eigenvalue weighted by Crippen LogP contribution is -2.27. The minimum atomic E-state index is -3.59. The number of benzene rings is 2. The van der Waals surface area contributed by atoms with Crippen molar-refractivity contribution in [3.8, 4) is 0 Å². The number of amides is 1. The highest BCUT2D eigenvalue weighted by Crippen LogP contribution is 2.25. The quantitative estimate of drug-likeness (QED) is 0.609. The maximum Gasteiger partial charge on any atom is 0.273 e. The average molecular weight is 415 g/mol. The van der Waals surface area contributed by atoms with E-state index in [1.807, 2.05) is 31.2 Å². The van der Waals surface area contributed by atoms with Crippen LogP contribution >= 0.6 is 11.3 Å². The monoisotopic (exact) mass is 414 g/mol. The summed E-state index contributed by atoms with van der Waals surface area (Å²) in [6.45, 7) is 2.53. The van der Waals surface area contributed by atoms with Gasteiger partial charge in [-0.05, 0) is 48.2 Å². The van der Waals surface area contributed by atoms with Crippen LogP contribution < -0.4 is 4.31 Å². The summed E-state index contributed by atoms with van der Waals surface area (Å²) in [7, 11) is -0.323. The first-order valence-corrected chi connectivity index (χ1v) is 11.0. The van der Waals surface area contributed by atoms with Crippen molar-refractivity contribution in [1.29, 1.82) is 0 Å². The molecule has 0 spiro atoms. The summed E-state index contributed by atoms with van der Waals surface area (Å²) < 4.78 is 26.7. The Morgan fingerprint density at radius 3 is 2.18 bits per heavy atom. The molecule has 0 unspecified atom stereocenters. The third-order valence-corrected chi connectivity index (χ3v) is 7.63. The average Bonchev–Trinajstić information content (AvgIpc) is 3.24. The fraction of sp³-hybridized carbons (Fsp3) is 0.190. The largest absolute Gasteiger partial charge is 0.337 e. The van der Waals surface area contributed by atoms with Crippen molar-refractivity contribution in [2.75, 3.05) is 18.4 Å². The van der Waals surface area contributed by atoms with Crippen molar-refractivity contribution < 1.29 is 13.2 Å². The van der Waals surface area contributed by atoms with Crippen molar-refractivity contribution in [2.45, 2.75) is 17.7 Å². The van der Waals surface area contributed by atoms with Gasteiger partial charge < -0.3 is 4.90 Å². The molecule has 0 radical (unpaired) electrons. The molecule has 0 aliphatic carbocycles. The lowest BCUT2D eigenvalue weighted by atomic mass is 10.1. The van der Waals surface area contributed by atoms with Crippen molar-refractivity contribution in [2.24, 2.45) is 0 Å². The third-order valence-electron chi connectivity index (χ3n) is 4.47. The standard InChI is InChI=1S/C21H22N2O3S2/c1-16-6-8-17(9-7-16)15-22(2)21(24)18-10-12-19(13-11-18)23(3)28(25,26)20-5-4-14-27-20/h4-14H,15H2,1-3H3. The van der Waals surface area contributed by atoms with Gasteiger partial charge in [-0.2, -0.15) is 0 Å². The van der Waals surface area contributed by atoms with Crippen molar-refractivity contribution in [3.05, 3.63) is 82.7 Å². The number of carbonyl (C=O) groups excluding carboxylic acids is 1. The van der Waals surface area contributed by atoms with E-state index in [4.69, 9.17) is 0 Å². The maximum atomic E-state index is 12.7. The van der Waals surface area contributed by atoms with Gasteiger partial charge in [-0.3, -0.25) is 9.10 Å². The van der Waals surface area contributed by atoms with Gasteiger partial charge in [0.1, 0.15) is 4.21 Å². The van der Waals surface area contributed by atoms with Gasteiger partial charge >= 0.3 is 0 Å². The molecule has 1 amide bonds. The highest BCUT2D eigenvalue weighted by atomic mass is 32.2. The lowest BCUT2D eigenvalue weighted by molar-refractivity contribution is 0.0785. The summed E-state index contributed by atoms with van der Waals surface area (Å²) in [6, 6.07) is 18.0. The highest BCUT2D eigenvalue weighted by molar-refractivity contribution is 7.94. The van der Waals surface area contributed by atoms with Crippen LogP contribution in [0.1, 0.15) is 21.5 Å². The summed E-state index contributed by atoms with van der Waals surface area (Å²) in [4.78, 5) is 14.3. The molecule has 0 atom stereocenters. The minimum Gasteiger partial charge on any atom is -0.337 e. The molecule has 0 saturated carbocycles. The number of hydrogen-bond acceptors (Lipinski definition) is 4. The molecule has 146 valence electrons. The number of nitrogens with zero attached hydrogens (tertiary/aromatic N) is 2. The number of aryl methyl sites for hydroxylation is 1. The van der Waals surface area contributed by atoms with Crippen LogP contribution in [0.3, 0.4) is 0 Å². The van der Waals surface area contributed by atoms with E-state index in [1.165, 1.54) is 28.3 Å². The fourth-order valence-corrected chi connectivity index (χ4v) is 5.11. The molecule has 28 heavy (non-hydrogen) atoms. The van der Waals surface area contributed by atoms with Gasteiger partial charge in [-0.1, -0.05) is 35.9 Å². The second-order valence-corrected chi connectivity index (χ2v) is 9.74. The first-order valence-electron chi connectivity index (χ1n) is 8.72. The molecule has 0 N–H and O–H groups in total. The normalized spacial score (nSPS) is 11.2. The molecule has 0 aliphatic heterocycles. The van der Waals surface area contributed by atoms with E-state index in [9.17, 15) is 13.2 Å². The van der Waals surface area contributed by atoms with Gasteiger partial charge in [-0.25, -0.2) is 8.42 Å². The zero-order valence-corrected chi connectivity index (χ0v) is 17.6. The van der Waals surface area contributed by atoms with Crippen molar-refractivity contribution in [1.82, 2.24) is 4.90 Å². The number of carbonyl (C=O) groups is 1. The van der Waals surface area contributed by atoms with Crippen LogP contribution in [-0.4, -0.2) is 33.3 Å². The number of anilines is 1. The van der Waals surface area contributed by atoms with Crippen molar-refractivity contribution in [3.63, 3.8) is 0 Å². The second kappa shape index (κ2) is 8.16. The summed E-state index contributed by atoms with van der Waals surface area (Å²) in [5, 5.41) is 1.73. The third kappa shape index (κ3) is 4.26. The van der Waals surface area contributed by atoms with E-state index in [2.05, 4.69) is 0 Å². The van der Waals surface area contributed by atoms with Gasteiger partial charge in [0.15, 0.2) is 0 Å². The number of rotatable bonds is 6. The summed E-state index contributed by atoms with van der Waals surface area (Å²) >= 11 is 1.18. The minimum absolute atomic E-state index is 0.115.